The van der Waals surface area contributed by atoms with E-state index in [-0.39, 0.29) is 0 Å². The van der Waals surface area contributed by atoms with Crippen molar-refractivity contribution in [2.24, 2.45) is 5.10 Å². The molecule has 0 aliphatic carbocycles. The second-order valence-electron chi connectivity index (χ2n) is 3.28. The minimum Gasteiger partial charge on any atom is -0.304 e. The summed E-state index contributed by atoms with van der Waals surface area (Å²) >= 11 is 0. The van der Waals surface area contributed by atoms with Crippen LogP contribution in [-0.4, -0.2) is 10.4 Å². The van der Waals surface area contributed by atoms with Crippen molar-refractivity contribution in [2.45, 2.75) is 20.8 Å². The van der Waals surface area contributed by atoms with Crippen LogP contribution in [-0.2, 0) is 0 Å². The molecular weight excluding hydrogens is 162 g/mol. The van der Waals surface area contributed by atoms with Gasteiger partial charge < -0.3 is 4.57 Å². The van der Waals surface area contributed by atoms with Crippen LogP contribution >= 0.6 is 0 Å². The maximum Gasteiger partial charge on any atom is 0.161 e. The van der Waals surface area contributed by atoms with Crippen LogP contribution in [0.4, 0.5) is 0 Å². The van der Waals surface area contributed by atoms with Gasteiger partial charge in [0.15, 0.2) is 5.84 Å². The van der Waals surface area contributed by atoms with Crippen LogP contribution in [0.3, 0.4) is 0 Å². The Morgan fingerprint density at radius 1 is 1.23 bits per heavy atom. The average Bonchev–Trinajstić information content (AvgIpc) is 2.70. The number of hydrogen-bond donors (Lipinski definition) is 0. The molecule has 1 radical (unpaired) electrons. The van der Waals surface area contributed by atoms with Crippen molar-refractivity contribution in [3.63, 3.8) is 0 Å². The lowest BCUT2D eigenvalue weighted by molar-refractivity contribution is 0.948. The predicted molar refractivity (Wildman–Crippen MR) is 52.8 cm³/mol. The molecular formula is C10H12N3. The molecule has 2 heterocycles. The second-order valence-corrected chi connectivity index (χ2v) is 3.28. The van der Waals surface area contributed by atoms with E-state index in [1.54, 1.807) is 6.20 Å². The Balaban J connectivity index is 2.52. The van der Waals surface area contributed by atoms with Crippen LogP contribution in [0.2, 0.25) is 0 Å². The summed E-state index contributed by atoms with van der Waals surface area (Å²) in [5, 5.41) is 4.01. The van der Waals surface area contributed by atoms with Crippen LogP contribution in [0.1, 0.15) is 16.8 Å². The molecule has 0 unspecified atom stereocenters. The highest BCUT2D eigenvalue weighted by molar-refractivity contribution is 5.96. The van der Waals surface area contributed by atoms with Crippen molar-refractivity contribution >= 4 is 5.84 Å². The molecule has 0 N–H and O–H groups in total. The molecule has 0 bridgehead atoms. The Bertz CT molecular complexity index is 397. The van der Waals surface area contributed by atoms with E-state index in [9.17, 15) is 0 Å². The van der Waals surface area contributed by atoms with Crippen LogP contribution in [0.15, 0.2) is 23.6 Å². The molecule has 67 valence electrons. The van der Waals surface area contributed by atoms with Crippen molar-refractivity contribution in [3.05, 3.63) is 35.3 Å². The minimum atomic E-state index is 0.897. The van der Waals surface area contributed by atoms with E-state index in [2.05, 4.69) is 42.1 Å². The van der Waals surface area contributed by atoms with Crippen LogP contribution in [0, 0.1) is 20.8 Å². The van der Waals surface area contributed by atoms with Gasteiger partial charge in [0, 0.05) is 18.0 Å². The van der Waals surface area contributed by atoms with Gasteiger partial charge in [-0.2, -0.15) is 5.43 Å². The highest BCUT2D eigenvalue weighted by Crippen LogP contribution is 2.15. The molecule has 0 fully saturated rings. The van der Waals surface area contributed by atoms with Gasteiger partial charge in [0.1, 0.15) is 0 Å². The fraction of sp³-hybridized carbons (Fsp3) is 0.300. The number of aromatic nitrogens is 1. The van der Waals surface area contributed by atoms with Gasteiger partial charge >= 0.3 is 0 Å². The van der Waals surface area contributed by atoms with E-state index < -0.39 is 0 Å². The van der Waals surface area contributed by atoms with Gasteiger partial charge in [-0.25, -0.2) is 0 Å². The summed E-state index contributed by atoms with van der Waals surface area (Å²) in [4.78, 5) is 0. The first-order chi connectivity index (χ1) is 6.20. The summed E-state index contributed by atoms with van der Waals surface area (Å²) in [5.74, 6) is 0.897. The lowest BCUT2D eigenvalue weighted by Crippen LogP contribution is -2.07. The molecule has 1 aromatic rings. The summed E-state index contributed by atoms with van der Waals surface area (Å²) < 4.78 is 2.07. The number of allylic oxidation sites excluding steroid dienone is 1. The van der Waals surface area contributed by atoms with Crippen molar-refractivity contribution in [2.75, 3.05) is 0 Å². The molecule has 0 saturated carbocycles. The zero-order chi connectivity index (χ0) is 9.42. The molecule has 2 rings (SSSR count). The van der Waals surface area contributed by atoms with Crippen molar-refractivity contribution in [1.29, 1.82) is 0 Å². The molecule has 0 amide bonds. The smallest absolute Gasteiger partial charge is 0.161 e. The second kappa shape index (κ2) is 2.76. The van der Waals surface area contributed by atoms with Crippen molar-refractivity contribution < 1.29 is 0 Å². The van der Waals surface area contributed by atoms with Crippen LogP contribution in [0.25, 0.3) is 0 Å². The Kier molecular flexibility index (Phi) is 1.72. The summed E-state index contributed by atoms with van der Waals surface area (Å²) in [5.41, 5.74) is 7.66. The first kappa shape index (κ1) is 8.10. The SMILES string of the molecule is Cc1cn(C2=N[N]C=C2)c(C)c1C. The summed E-state index contributed by atoms with van der Waals surface area (Å²) in [6.45, 7) is 6.32. The topological polar surface area (TPSA) is 31.4 Å². The standard InChI is InChI=1S/C10H12N3/c1-7-6-13(9(3)8(7)2)10-4-5-11-12-10/h4-6H,1-3H3. The predicted octanol–water partition coefficient (Wildman–Crippen LogP) is 1.71. The van der Waals surface area contributed by atoms with Gasteiger partial charge in [-0.15, -0.1) is 5.10 Å². The maximum absolute atomic E-state index is 4.01. The molecule has 3 nitrogen and oxygen atoms in total. The van der Waals surface area contributed by atoms with E-state index >= 15 is 0 Å². The van der Waals surface area contributed by atoms with E-state index in [1.807, 2.05) is 6.08 Å². The third kappa shape index (κ3) is 1.16. The Hall–Kier alpha value is -1.51. The first-order valence-electron chi connectivity index (χ1n) is 4.30. The van der Waals surface area contributed by atoms with Crippen molar-refractivity contribution in [3.8, 4) is 0 Å². The zero-order valence-corrected chi connectivity index (χ0v) is 8.07. The summed E-state index contributed by atoms with van der Waals surface area (Å²) in [6, 6.07) is 0. The third-order valence-corrected chi connectivity index (χ3v) is 2.52. The number of hydrogen-bond acceptors (Lipinski definition) is 1. The molecule has 1 aromatic heterocycles. The average molecular weight is 174 g/mol. The lowest BCUT2D eigenvalue weighted by Gasteiger charge is -2.01. The zero-order valence-electron chi connectivity index (χ0n) is 8.07. The first-order valence-corrected chi connectivity index (χ1v) is 4.30. The highest BCUT2D eigenvalue weighted by atomic mass is 15.3. The number of aryl methyl sites for hydroxylation is 1. The Morgan fingerprint density at radius 2 is 2.00 bits per heavy atom. The molecule has 1 aliphatic heterocycles. The van der Waals surface area contributed by atoms with E-state index in [0.717, 1.165) is 5.84 Å². The lowest BCUT2D eigenvalue weighted by atomic mass is 10.2. The van der Waals surface area contributed by atoms with Gasteiger partial charge in [0.25, 0.3) is 0 Å². The maximum atomic E-state index is 4.01. The fourth-order valence-electron chi connectivity index (χ4n) is 1.45. The van der Waals surface area contributed by atoms with Gasteiger partial charge in [-0.05, 0) is 31.9 Å². The van der Waals surface area contributed by atoms with E-state index in [1.165, 1.54) is 16.8 Å². The number of nitrogens with zero attached hydrogens (tertiary/aromatic N) is 3. The Labute approximate surface area is 77.8 Å². The summed E-state index contributed by atoms with van der Waals surface area (Å²) in [7, 11) is 0. The third-order valence-electron chi connectivity index (χ3n) is 2.52. The Morgan fingerprint density at radius 3 is 2.46 bits per heavy atom. The summed E-state index contributed by atoms with van der Waals surface area (Å²) in [6.07, 6.45) is 5.71. The normalized spacial score (nSPS) is 14.5. The van der Waals surface area contributed by atoms with Crippen molar-refractivity contribution in [1.82, 2.24) is 9.99 Å². The molecule has 13 heavy (non-hydrogen) atoms. The van der Waals surface area contributed by atoms with E-state index in [0.29, 0.717) is 0 Å². The molecule has 0 aromatic carbocycles. The number of rotatable bonds is 0. The van der Waals surface area contributed by atoms with Gasteiger partial charge in [-0.1, -0.05) is 0 Å². The minimum absolute atomic E-state index is 0.897. The quantitative estimate of drug-likeness (QED) is 0.573. The molecule has 1 aliphatic rings. The van der Waals surface area contributed by atoms with Crippen LogP contribution in [0.5, 0.6) is 0 Å². The molecule has 3 heteroatoms. The molecule has 0 atom stereocenters. The molecule has 0 saturated heterocycles. The van der Waals surface area contributed by atoms with Gasteiger partial charge in [-0.3, -0.25) is 0 Å². The fourth-order valence-corrected chi connectivity index (χ4v) is 1.45. The molecule has 0 spiro atoms. The van der Waals surface area contributed by atoms with Crippen LogP contribution < -0.4 is 5.43 Å². The van der Waals surface area contributed by atoms with Gasteiger partial charge in [0.05, 0.1) is 6.20 Å². The monoisotopic (exact) mass is 174 g/mol. The largest absolute Gasteiger partial charge is 0.304 e. The van der Waals surface area contributed by atoms with Gasteiger partial charge in [0.2, 0.25) is 0 Å². The highest BCUT2D eigenvalue weighted by Gasteiger charge is 2.10. The van der Waals surface area contributed by atoms with E-state index in [4.69, 9.17) is 0 Å².